The van der Waals surface area contributed by atoms with Crippen LogP contribution in [0.3, 0.4) is 0 Å². The van der Waals surface area contributed by atoms with Gasteiger partial charge in [0.1, 0.15) is 5.60 Å². The van der Waals surface area contributed by atoms with Crippen LogP contribution < -0.4 is 10.6 Å². The first kappa shape index (κ1) is 18.8. The summed E-state index contributed by atoms with van der Waals surface area (Å²) in [5.41, 5.74) is 10.3. The zero-order valence-electron chi connectivity index (χ0n) is 16.2. The molecule has 1 aromatic rings. The molecule has 2 rings (SSSR count). The molecule has 0 radical (unpaired) electrons. The largest absolute Gasteiger partial charge is 0.443 e. The second kappa shape index (κ2) is 6.40. The number of fused-ring (bicyclic) bond motifs is 1. The molecule has 1 aliphatic heterocycles. The zero-order chi connectivity index (χ0) is 18.3. The van der Waals surface area contributed by atoms with Gasteiger partial charge in [-0.25, -0.2) is 4.79 Å². The van der Waals surface area contributed by atoms with Gasteiger partial charge >= 0.3 is 6.09 Å². The summed E-state index contributed by atoms with van der Waals surface area (Å²) in [4.78, 5) is 14.5. The first-order valence-corrected chi connectivity index (χ1v) is 8.89. The van der Waals surface area contributed by atoms with E-state index in [9.17, 15) is 4.79 Å². The molecule has 0 aromatic heterocycles. The van der Waals surface area contributed by atoms with Crippen molar-refractivity contribution in [3.8, 4) is 0 Å². The zero-order valence-corrected chi connectivity index (χ0v) is 16.2. The van der Waals surface area contributed by atoms with Gasteiger partial charge in [0.15, 0.2) is 0 Å². The van der Waals surface area contributed by atoms with Crippen LogP contribution >= 0.6 is 0 Å². The van der Waals surface area contributed by atoms with E-state index in [1.165, 1.54) is 11.1 Å². The molecule has 1 atom stereocenters. The predicted molar refractivity (Wildman–Crippen MR) is 99.6 cm³/mol. The van der Waals surface area contributed by atoms with Gasteiger partial charge in [0, 0.05) is 12.6 Å². The standard InChI is InChI=1S/C20H32N2O2/c1-8-14-11-16-17(12-15(14)13(2)21)22(10-9-20(16,6)7)18(23)24-19(3,4)5/h11-13H,8-10,21H2,1-7H3. The Morgan fingerprint density at radius 2 is 2.00 bits per heavy atom. The molecule has 0 saturated heterocycles. The van der Waals surface area contributed by atoms with Crippen molar-refractivity contribution in [3.05, 3.63) is 28.8 Å². The molecule has 0 fully saturated rings. The van der Waals surface area contributed by atoms with Crippen LogP contribution in [0.4, 0.5) is 10.5 Å². The number of amides is 1. The molecule has 0 bridgehead atoms. The first-order valence-electron chi connectivity index (χ1n) is 8.89. The number of hydrogen-bond donors (Lipinski definition) is 1. The van der Waals surface area contributed by atoms with Gasteiger partial charge in [-0.3, -0.25) is 4.90 Å². The number of carbonyl (C=O) groups excluding carboxylic acids is 1. The fraction of sp³-hybridized carbons (Fsp3) is 0.650. The molecule has 1 heterocycles. The van der Waals surface area contributed by atoms with E-state index in [1.807, 2.05) is 27.7 Å². The summed E-state index contributed by atoms with van der Waals surface area (Å²) in [5, 5.41) is 0. The molecule has 0 spiro atoms. The number of anilines is 1. The molecule has 1 unspecified atom stereocenters. The molecule has 1 aromatic carbocycles. The van der Waals surface area contributed by atoms with Crippen LogP contribution in [0.5, 0.6) is 0 Å². The fourth-order valence-electron chi connectivity index (χ4n) is 3.30. The maximum atomic E-state index is 12.7. The topological polar surface area (TPSA) is 55.6 Å². The van der Waals surface area contributed by atoms with Crippen molar-refractivity contribution in [3.63, 3.8) is 0 Å². The number of rotatable bonds is 2. The number of benzene rings is 1. The fourth-order valence-corrected chi connectivity index (χ4v) is 3.30. The molecular weight excluding hydrogens is 300 g/mol. The third-order valence-electron chi connectivity index (χ3n) is 4.72. The molecule has 0 aliphatic carbocycles. The number of hydrogen-bond acceptors (Lipinski definition) is 3. The van der Waals surface area contributed by atoms with Gasteiger partial charge in [0.2, 0.25) is 0 Å². The lowest BCUT2D eigenvalue weighted by Gasteiger charge is -2.40. The maximum absolute atomic E-state index is 12.7. The number of ether oxygens (including phenoxy) is 1. The van der Waals surface area contributed by atoms with Crippen LogP contribution in [-0.2, 0) is 16.6 Å². The van der Waals surface area contributed by atoms with Gasteiger partial charge in [-0.05, 0) is 68.7 Å². The van der Waals surface area contributed by atoms with Crippen molar-refractivity contribution in [1.29, 1.82) is 0 Å². The van der Waals surface area contributed by atoms with Gasteiger partial charge in [0.25, 0.3) is 0 Å². The van der Waals surface area contributed by atoms with Gasteiger partial charge in [-0.2, -0.15) is 0 Å². The van der Waals surface area contributed by atoms with Crippen LogP contribution in [0.2, 0.25) is 0 Å². The molecule has 1 amide bonds. The minimum atomic E-state index is -0.502. The summed E-state index contributed by atoms with van der Waals surface area (Å²) in [5.74, 6) is 0. The molecule has 1 aliphatic rings. The quantitative estimate of drug-likeness (QED) is 0.854. The Bertz CT molecular complexity index is 627. The Balaban J connectivity index is 2.55. The first-order chi connectivity index (χ1) is 11.0. The summed E-state index contributed by atoms with van der Waals surface area (Å²) in [7, 11) is 0. The SMILES string of the molecule is CCc1cc2c(cc1C(C)N)N(C(=O)OC(C)(C)C)CCC2(C)C. The van der Waals surface area contributed by atoms with Gasteiger partial charge in [-0.1, -0.05) is 26.8 Å². The van der Waals surface area contributed by atoms with Crippen molar-refractivity contribution < 1.29 is 9.53 Å². The van der Waals surface area contributed by atoms with Gasteiger partial charge in [0.05, 0.1) is 5.69 Å². The monoisotopic (exact) mass is 332 g/mol. The number of aryl methyl sites for hydroxylation is 1. The van der Waals surface area contributed by atoms with E-state index in [0.29, 0.717) is 6.54 Å². The summed E-state index contributed by atoms with van der Waals surface area (Å²) >= 11 is 0. The lowest BCUT2D eigenvalue weighted by Crippen LogP contribution is -2.43. The molecule has 24 heavy (non-hydrogen) atoms. The Morgan fingerprint density at radius 3 is 2.50 bits per heavy atom. The van der Waals surface area contributed by atoms with Gasteiger partial charge in [-0.15, -0.1) is 0 Å². The summed E-state index contributed by atoms with van der Waals surface area (Å²) < 4.78 is 5.61. The second-order valence-electron chi connectivity index (χ2n) is 8.48. The average molecular weight is 332 g/mol. The Labute approximate surface area is 146 Å². The van der Waals surface area contributed by atoms with Crippen molar-refractivity contribution in [2.45, 2.75) is 78.4 Å². The third kappa shape index (κ3) is 3.75. The summed E-state index contributed by atoms with van der Waals surface area (Å²) in [6.45, 7) is 15.0. The molecule has 4 nitrogen and oxygen atoms in total. The molecular formula is C20H32N2O2. The van der Waals surface area contributed by atoms with Crippen LogP contribution in [0, 0.1) is 0 Å². The Hall–Kier alpha value is -1.55. The molecule has 0 saturated carbocycles. The van der Waals surface area contributed by atoms with Crippen molar-refractivity contribution >= 4 is 11.8 Å². The van der Waals surface area contributed by atoms with E-state index < -0.39 is 5.60 Å². The third-order valence-corrected chi connectivity index (χ3v) is 4.72. The average Bonchev–Trinajstić information content (AvgIpc) is 2.44. The lowest BCUT2D eigenvalue weighted by molar-refractivity contribution is 0.0574. The number of nitrogens with zero attached hydrogens (tertiary/aromatic N) is 1. The van der Waals surface area contributed by atoms with E-state index in [1.54, 1.807) is 4.90 Å². The van der Waals surface area contributed by atoms with Crippen molar-refractivity contribution in [1.82, 2.24) is 0 Å². The van der Waals surface area contributed by atoms with Crippen LogP contribution in [0.1, 0.15) is 77.6 Å². The van der Waals surface area contributed by atoms with Crippen LogP contribution in [0.25, 0.3) is 0 Å². The maximum Gasteiger partial charge on any atom is 0.414 e. The van der Waals surface area contributed by atoms with E-state index in [-0.39, 0.29) is 17.6 Å². The highest BCUT2D eigenvalue weighted by atomic mass is 16.6. The minimum absolute atomic E-state index is 0.0358. The summed E-state index contributed by atoms with van der Waals surface area (Å²) in [6.07, 6.45) is 1.58. The smallest absolute Gasteiger partial charge is 0.414 e. The van der Waals surface area contributed by atoms with E-state index >= 15 is 0 Å². The molecule has 134 valence electrons. The molecule has 4 heteroatoms. The normalized spacial score (nSPS) is 18.1. The highest BCUT2D eigenvalue weighted by molar-refractivity contribution is 5.90. The molecule has 2 N–H and O–H groups in total. The van der Waals surface area contributed by atoms with Gasteiger partial charge < -0.3 is 10.5 Å². The minimum Gasteiger partial charge on any atom is -0.443 e. The van der Waals surface area contributed by atoms with Crippen LogP contribution in [0.15, 0.2) is 12.1 Å². The van der Waals surface area contributed by atoms with Crippen molar-refractivity contribution in [2.24, 2.45) is 5.73 Å². The predicted octanol–water partition coefficient (Wildman–Crippen LogP) is 4.69. The van der Waals surface area contributed by atoms with Crippen LogP contribution in [-0.4, -0.2) is 18.2 Å². The van der Waals surface area contributed by atoms with Crippen molar-refractivity contribution in [2.75, 3.05) is 11.4 Å². The second-order valence-corrected chi connectivity index (χ2v) is 8.48. The number of carbonyl (C=O) groups is 1. The Kier molecular flexibility index (Phi) is 5.01. The van der Waals surface area contributed by atoms with E-state index in [4.69, 9.17) is 10.5 Å². The number of nitrogens with two attached hydrogens (primary N) is 1. The Morgan fingerprint density at radius 1 is 1.38 bits per heavy atom. The van der Waals surface area contributed by atoms with E-state index in [0.717, 1.165) is 24.1 Å². The van der Waals surface area contributed by atoms with E-state index in [2.05, 4.69) is 32.9 Å². The highest BCUT2D eigenvalue weighted by Gasteiger charge is 2.36. The summed E-state index contributed by atoms with van der Waals surface area (Å²) in [6, 6.07) is 4.28. The highest BCUT2D eigenvalue weighted by Crippen LogP contribution is 2.42. The lowest BCUT2D eigenvalue weighted by atomic mass is 9.76.